The zero-order valence-corrected chi connectivity index (χ0v) is 13.6. The second-order valence-electron chi connectivity index (χ2n) is 5.11. The number of ether oxygens (including phenoxy) is 1. The Morgan fingerprint density at radius 2 is 2.08 bits per heavy atom. The fraction of sp³-hybridized carbons (Fsp3) is 0.167. The van der Waals surface area contributed by atoms with Gasteiger partial charge < -0.3 is 14.5 Å². The second kappa shape index (κ2) is 7.79. The molecule has 1 amide bonds. The Kier molecular flexibility index (Phi) is 5.28. The molecule has 0 saturated carbocycles. The number of rotatable bonds is 7. The van der Waals surface area contributed by atoms with Crippen molar-refractivity contribution >= 4 is 17.2 Å². The van der Waals surface area contributed by atoms with Crippen LogP contribution in [0.3, 0.4) is 0 Å². The average molecular weight is 345 g/mol. The maximum absolute atomic E-state index is 13.5. The molecule has 124 valence electrons. The summed E-state index contributed by atoms with van der Waals surface area (Å²) >= 11 is 1.60. The summed E-state index contributed by atoms with van der Waals surface area (Å²) in [6.45, 7) is 0.143. The van der Waals surface area contributed by atoms with E-state index in [9.17, 15) is 9.18 Å². The van der Waals surface area contributed by atoms with Crippen LogP contribution >= 0.6 is 11.3 Å². The van der Waals surface area contributed by atoms with Crippen LogP contribution in [0.2, 0.25) is 0 Å². The van der Waals surface area contributed by atoms with E-state index in [0.29, 0.717) is 6.54 Å². The van der Waals surface area contributed by atoms with E-state index in [0.717, 1.165) is 10.6 Å². The van der Waals surface area contributed by atoms with Crippen LogP contribution in [0.5, 0.6) is 5.75 Å². The minimum absolute atomic E-state index is 0.0580. The van der Waals surface area contributed by atoms with E-state index in [1.54, 1.807) is 29.7 Å². The number of amides is 1. The molecule has 0 bridgehead atoms. The summed E-state index contributed by atoms with van der Waals surface area (Å²) in [4.78, 5) is 13.1. The molecule has 3 aromatic rings. The van der Waals surface area contributed by atoms with E-state index >= 15 is 0 Å². The van der Waals surface area contributed by atoms with Gasteiger partial charge in [-0.1, -0.05) is 18.2 Å². The number of hydrogen-bond acceptors (Lipinski definition) is 4. The van der Waals surface area contributed by atoms with Crippen molar-refractivity contribution < 1.29 is 18.3 Å². The monoisotopic (exact) mass is 345 g/mol. The highest BCUT2D eigenvalue weighted by atomic mass is 32.1. The fourth-order valence-corrected chi connectivity index (χ4v) is 3.13. The molecule has 0 aliphatic carbocycles. The van der Waals surface area contributed by atoms with Gasteiger partial charge in [0.05, 0.1) is 12.2 Å². The van der Waals surface area contributed by atoms with E-state index in [1.807, 2.05) is 29.6 Å². The Morgan fingerprint density at radius 1 is 1.21 bits per heavy atom. The molecule has 1 aromatic carbocycles. The molecule has 0 spiro atoms. The van der Waals surface area contributed by atoms with Gasteiger partial charge in [-0.25, -0.2) is 4.39 Å². The lowest BCUT2D eigenvalue weighted by Gasteiger charge is -2.14. The van der Waals surface area contributed by atoms with Crippen molar-refractivity contribution in [3.05, 3.63) is 76.6 Å². The maximum atomic E-state index is 13.5. The van der Waals surface area contributed by atoms with Crippen molar-refractivity contribution in [2.45, 2.75) is 5.92 Å². The molecular formula is C18H16FNO3S. The van der Waals surface area contributed by atoms with Gasteiger partial charge in [0.25, 0.3) is 5.91 Å². The molecule has 4 nitrogen and oxygen atoms in total. The molecule has 0 saturated heterocycles. The minimum Gasteiger partial charge on any atom is -0.481 e. The Hall–Kier alpha value is -2.60. The molecule has 2 aromatic heterocycles. The van der Waals surface area contributed by atoms with Gasteiger partial charge >= 0.3 is 0 Å². The first-order valence-electron chi connectivity index (χ1n) is 7.45. The van der Waals surface area contributed by atoms with Gasteiger partial charge in [0.2, 0.25) is 0 Å². The molecule has 2 heterocycles. The van der Waals surface area contributed by atoms with Crippen molar-refractivity contribution in [2.24, 2.45) is 0 Å². The van der Waals surface area contributed by atoms with Crippen molar-refractivity contribution in [3.8, 4) is 5.75 Å². The van der Waals surface area contributed by atoms with E-state index in [1.165, 1.54) is 12.1 Å². The van der Waals surface area contributed by atoms with E-state index in [2.05, 4.69) is 5.32 Å². The summed E-state index contributed by atoms with van der Waals surface area (Å²) in [5.41, 5.74) is 0. The number of thiophene rings is 1. The normalized spacial score (nSPS) is 11.9. The van der Waals surface area contributed by atoms with Gasteiger partial charge in [-0.3, -0.25) is 4.79 Å². The first-order chi connectivity index (χ1) is 11.7. The van der Waals surface area contributed by atoms with Crippen LogP contribution in [0.25, 0.3) is 0 Å². The van der Waals surface area contributed by atoms with Gasteiger partial charge in [0, 0.05) is 11.4 Å². The predicted molar refractivity (Wildman–Crippen MR) is 89.8 cm³/mol. The highest BCUT2D eigenvalue weighted by Gasteiger charge is 2.19. The third-order valence-corrected chi connectivity index (χ3v) is 4.46. The second-order valence-corrected chi connectivity index (χ2v) is 6.09. The fourth-order valence-electron chi connectivity index (χ4n) is 2.29. The standard InChI is InChI=1S/C18H16FNO3S/c19-14-5-1-2-6-16(14)23-12-18(21)20-11-13(15-7-3-9-22-15)17-8-4-10-24-17/h1-10,13H,11-12H2,(H,20,21). The summed E-state index contributed by atoms with van der Waals surface area (Å²) in [5.74, 6) is -0.0117. The van der Waals surface area contributed by atoms with Gasteiger partial charge in [-0.05, 0) is 35.7 Å². The Bertz CT molecular complexity index is 737. The van der Waals surface area contributed by atoms with E-state index in [4.69, 9.17) is 9.15 Å². The summed E-state index contributed by atoms with van der Waals surface area (Å²) in [6.07, 6.45) is 1.61. The minimum atomic E-state index is -0.489. The highest BCUT2D eigenvalue weighted by Crippen LogP contribution is 2.28. The Balaban J connectivity index is 1.57. The van der Waals surface area contributed by atoms with Gasteiger partial charge in [-0.2, -0.15) is 0 Å². The number of hydrogen-bond donors (Lipinski definition) is 1. The lowest BCUT2D eigenvalue weighted by Crippen LogP contribution is -2.32. The molecule has 1 N–H and O–H groups in total. The van der Waals surface area contributed by atoms with Crippen molar-refractivity contribution in [1.29, 1.82) is 0 Å². The Morgan fingerprint density at radius 3 is 2.79 bits per heavy atom. The van der Waals surface area contributed by atoms with Crippen molar-refractivity contribution in [2.75, 3.05) is 13.2 Å². The molecule has 0 fully saturated rings. The zero-order valence-electron chi connectivity index (χ0n) is 12.8. The topological polar surface area (TPSA) is 51.5 Å². The van der Waals surface area contributed by atoms with Crippen LogP contribution in [0, 0.1) is 5.82 Å². The van der Waals surface area contributed by atoms with Crippen LogP contribution in [0.4, 0.5) is 4.39 Å². The van der Waals surface area contributed by atoms with E-state index < -0.39 is 5.82 Å². The number of nitrogens with one attached hydrogen (secondary N) is 1. The quantitative estimate of drug-likeness (QED) is 0.708. The number of carbonyl (C=O) groups is 1. The molecule has 1 atom stereocenters. The number of carbonyl (C=O) groups excluding carboxylic acids is 1. The number of benzene rings is 1. The largest absolute Gasteiger partial charge is 0.481 e. The predicted octanol–water partition coefficient (Wildman–Crippen LogP) is 3.81. The number of furan rings is 1. The molecule has 1 unspecified atom stereocenters. The van der Waals surface area contributed by atoms with Crippen LogP contribution in [-0.2, 0) is 4.79 Å². The first-order valence-corrected chi connectivity index (χ1v) is 8.33. The van der Waals surface area contributed by atoms with Gasteiger partial charge in [-0.15, -0.1) is 11.3 Å². The zero-order chi connectivity index (χ0) is 16.8. The molecular weight excluding hydrogens is 329 g/mol. The average Bonchev–Trinajstić information content (AvgIpc) is 3.28. The molecule has 0 aliphatic rings. The summed E-state index contributed by atoms with van der Waals surface area (Å²) in [5, 5.41) is 4.79. The highest BCUT2D eigenvalue weighted by molar-refractivity contribution is 7.10. The van der Waals surface area contributed by atoms with Crippen LogP contribution in [0.1, 0.15) is 16.6 Å². The summed E-state index contributed by atoms with van der Waals surface area (Å²) < 4.78 is 24.1. The van der Waals surface area contributed by atoms with Crippen LogP contribution in [-0.4, -0.2) is 19.1 Å². The Labute approximate surface area is 142 Å². The van der Waals surface area contributed by atoms with Gasteiger partial charge in [0.1, 0.15) is 5.76 Å². The maximum Gasteiger partial charge on any atom is 0.257 e. The first kappa shape index (κ1) is 16.3. The molecule has 3 rings (SSSR count). The van der Waals surface area contributed by atoms with E-state index in [-0.39, 0.29) is 24.2 Å². The summed E-state index contributed by atoms with van der Waals surface area (Å²) in [7, 11) is 0. The molecule has 6 heteroatoms. The smallest absolute Gasteiger partial charge is 0.257 e. The number of halogens is 1. The third-order valence-electron chi connectivity index (χ3n) is 3.47. The van der Waals surface area contributed by atoms with Crippen molar-refractivity contribution in [1.82, 2.24) is 5.32 Å². The SMILES string of the molecule is O=C(COc1ccccc1F)NCC(c1ccco1)c1cccs1. The number of para-hydroxylation sites is 1. The molecule has 0 aliphatic heterocycles. The van der Waals surface area contributed by atoms with Gasteiger partial charge in [0.15, 0.2) is 18.2 Å². The molecule has 24 heavy (non-hydrogen) atoms. The lowest BCUT2D eigenvalue weighted by molar-refractivity contribution is -0.123. The van der Waals surface area contributed by atoms with Crippen molar-refractivity contribution in [3.63, 3.8) is 0 Å². The molecule has 0 radical (unpaired) electrons. The summed E-state index contributed by atoms with van der Waals surface area (Å²) in [6, 6.07) is 13.7. The lowest BCUT2D eigenvalue weighted by atomic mass is 10.0. The van der Waals surface area contributed by atoms with Crippen LogP contribution < -0.4 is 10.1 Å². The third kappa shape index (κ3) is 4.02. The van der Waals surface area contributed by atoms with Crippen LogP contribution in [0.15, 0.2) is 64.6 Å².